The third-order valence-electron chi connectivity index (χ3n) is 3.63. The molecule has 1 aliphatic rings. The molecular formula is C15H15ClN2OS. The molecule has 104 valence electrons. The van der Waals surface area contributed by atoms with Gasteiger partial charge in [0.25, 0.3) is 0 Å². The van der Waals surface area contributed by atoms with Crippen LogP contribution in [0.1, 0.15) is 33.8 Å². The van der Waals surface area contributed by atoms with Gasteiger partial charge in [0, 0.05) is 21.2 Å². The molecule has 3 nitrogen and oxygen atoms in total. The first-order valence-corrected chi connectivity index (χ1v) is 7.89. The van der Waals surface area contributed by atoms with E-state index in [0.717, 1.165) is 19.3 Å². The Bertz CT molecular complexity index is 717. The molecule has 1 heterocycles. The molecule has 0 saturated heterocycles. The number of nitrogens with one attached hydrogen (secondary N) is 1. The minimum absolute atomic E-state index is 0.0113. The monoisotopic (exact) mass is 306 g/mol. The predicted octanol–water partition coefficient (Wildman–Crippen LogP) is 3.44. The summed E-state index contributed by atoms with van der Waals surface area (Å²) >= 11 is 7.43. The van der Waals surface area contributed by atoms with Crippen LogP contribution < -0.4 is 4.80 Å². The maximum absolute atomic E-state index is 12.3. The Morgan fingerprint density at radius 2 is 2.15 bits per heavy atom. The summed E-state index contributed by atoms with van der Waals surface area (Å²) in [5.74, 6) is 0.0113. The lowest BCUT2D eigenvalue weighted by molar-refractivity contribution is 0.0969. The second-order valence-electron chi connectivity index (χ2n) is 5.00. The van der Waals surface area contributed by atoms with Crippen LogP contribution in [0.25, 0.3) is 0 Å². The van der Waals surface area contributed by atoms with Crippen LogP contribution in [0, 0.1) is 5.41 Å². The number of aryl methyl sites for hydroxylation is 1. The number of ketones is 1. The van der Waals surface area contributed by atoms with E-state index in [0.29, 0.717) is 15.4 Å². The van der Waals surface area contributed by atoms with Gasteiger partial charge >= 0.3 is 0 Å². The highest BCUT2D eigenvalue weighted by molar-refractivity contribution is 7.09. The van der Waals surface area contributed by atoms with Gasteiger partial charge in [0.1, 0.15) is 0 Å². The molecule has 0 aliphatic heterocycles. The molecule has 0 atom stereocenters. The van der Waals surface area contributed by atoms with Crippen molar-refractivity contribution in [2.24, 2.45) is 0 Å². The molecule has 1 aromatic heterocycles. The van der Waals surface area contributed by atoms with Crippen LogP contribution in [0.3, 0.4) is 0 Å². The SMILES string of the molecule is N=c1sc2c(n1CC(=O)c1cccc(Cl)c1)CCCC2. The van der Waals surface area contributed by atoms with Crippen LogP contribution in [0.2, 0.25) is 5.02 Å². The van der Waals surface area contributed by atoms with Gasteiger partial charge in [0.2, 0.25) is 0 Å². The summed E-state index contributed by atoms with van der Waals surface area (Å²) in [6, 6.07) is 7.00. The van der Waals surface area contributed by atoms with Gasteiger partial charge in [0.05, 0.1) is 6.54 Å². The van der Waals surface area contributed by atoms with Gasteiger partial charge in [-0.1, -0.05) is 23.7 Å². The number of halogens is 1. The van der Waals surface area contributed by atoms with E-state index in [1.165, 1.54) is 28.3 Å². The second-order valence-corrected chi connectivity index (χ2v) is 6.52. The summed E-state index contributed by atoms with van der Waals surface area (Å²) in [6.45, 7) is 0.241. The first kappa shape index (κ1) is 13.6. The minimum atomic E-state index is 0.0113. The third kappa shape index (κ3) is 2.58. The average molecular weight is 307 g/mol. The maximum Gasteiger partial charge on any atom is 0.182 e. The smallest absolute Gasteiger partial charge is 0.182 e. The van der Waals surface area contributed by atoms with E-state index in [-0.39, 0.29) is 12.3 Å². The summed E-state index contributed by atoms with van der Waals surface area (Å²) in [4.78, 5) is 14.1. The summed E-state index contributed by atoms with van der Waals surface area (Å²) < 4.78 is 1.86. The Kier molecular flexibility index (Phi) is 3.76. The van der Waals surface area contributed by atoms with Crippen LogP contribution >= 0.6 is 22.9 Å². The molecule has 0 radical (unpaired) electrons. The molecule has 5 heteroatoms. The quantitative estimate of drug-likeness (QED) is 0.867. The molecule has 3 rings (SSSR count). The number of nitrogens with zero attached hydrogens (tertiary/aromatic N) is 1. The van der Waals surface area contributed by atoms with Crippen molar-refractivity contribution in [3.05, 3.63) is 50.2 Å². The Morgan fingerprint density at radius 1 is 1.35 bits per heavy atom. The normalized spacial score (nSPS) is 14.1. The van der Waals surface area contributed by atoms with E-state index in [1.54, 1.807) is 24.3 Å². The number of carbonyl (C=O) groups is 1. The Balaban J connectivity index is 1.90. The molecule has 0 spiro atoms. The number of aromatic nitrogens is 1. The molecule has 0 unspecified atom stereocenters. The van der Waals surface area contributed by atoms with Gasteiger partial charge in [-0.3, -0.25) is 10.2 Å². The van der Waals surface area contributed by atoms with Gasteiger partial charge in [-0.05, 0) is 37.8 Å². The fraction of sp³-hybridized carbons (Fsp3) is 0.333. The van der Waals surface area contributed by atoms with Crippen molar-refractivity contribution >= 4 is 28.7 Å². The highest BCUT2D eigenvalue weighted by Gasteiger charge is 2.18. The van der Waals surface area contributed by atoms with Gasteiger partial charge in [0.15, 0.2) is 10.6 Å². The van der Waals surface area contributed by atoms with Crippen LogP contribution in [0.4, 0.5) is 0 Å². The molecule has 0 saturated carbocycles. The molecule has 1 aromatic carbocycles. The summed E-state index contributed by atoms with van der Waals surface area (Å²) in [5, 5.41) is 8.64. The van der Waals surface area contributed by atoms with E-state index in [2.05, 4.69) is 0 Å². The fourth-order valence-corrected chi connectivity index (χ4v) is 3.90. The number of benzene rings is 1. The molecule has 20 heavy (non-hydrogen) atoms. The number of thiazole rings is 1. The molecule has 1 N–H and O–H groups in total. The Hall–Kier alpha value is -1.39. The molecule has 0 bridgehead atoms. The first-order chi connectivity index (χ1) is 9.65. The number of Topliss-reactive ketones (excluding diaryl/α,β-unsaturated/α-hetero) is 1. The average Bonchev–Trinajstić information content (AvgIpc) is 2.75. The van der Waals surface area contributed by atoms with Crippen LogP contribution in [0.15, 0.2) is 24.3 Å². The van der Waals surface area contributed by atoms with E-state index < -0.39 is 0 Å². The lowest BCUT2D eigenvalue weighted by Crippen LogP contribution is -2.22. The van der Waals surface area contributed by atoms with Crippen molar-refractivity contribution in [1.29, 1.82) is 5.41 Å². The van der Waals surface area contributed by atoms with Crippen molar-refractivity contribution in [2.75, 3.05) is 0 Å². The van der Waals surface area contributed by atoms with Crippen molar-refractivity contribution in [2.45, 2.75) is 32.2 Å². The third-order valence-corrected chi connectivity index (χ3v) is 4.96. The highest BCUT2D eigenvalue weighted by atomic mass is 35.5. The van der Waals surface area contributed by atoms with Gasteiger partial charge in [-0.15, -0.1) is 11.3 Å². The molecular weight excluding hydrogens is 292 g/mol. The number of fused-ring (bicyclic) bond motifs is 1. The predicted molar refractivity (Wildman–Crippen MR) is 80.6 cm³/mol. The van der Waals surface area contributed by atoms with E-state index in [9.17, 15) is 4.79 Å². The zero-order valence-corrected chi connectivity index (χ0v) is 12.6. The fourth-order valence-electron chi connectivity index (χ4n) is 2.62. The van der Waals surface area contributed by atoms with E-state index in [4.69, 9.17) is 17.0 Å². The molecule has 1 aliphatic carbocycles. The zero-order valence-electron chi connectivity index (χ0n) is 11.0. The summed E-state index contributed by atoms with van der Waals surface area (Å²) in [6.07, 6.45) is 4.36. The van der Waals surface area contributed by atoms with Crippen molar-refractivity contribution in [3.8, 4) is 0 Å². The maximum atomic E-state index is 12.3. The van der Waals surface area contributed by atoms with Crippen LogP contribution in [-0.4, -0.2) is 10.4 Å². The molecule has 0 fully saturated rings. The largest absolute Gasteiger partial charge is 0.313 e. The highest BCUT2D eigenvalue weighted by Crippen LogP contribution is 2.23. The summed E-state index contributed by atoms with van der Waals surface area (Å²) in [7, 11) is 0. The summed E-state index contributed by atoms with van der Waals surface area (Å²) in [5.41, 5.74) is 1.79. The van der Waals surface area contributed by atoms with Crippen molar-refractivity contribution in [3.63, 3.8) is 0 Å². The van der Waals surface area contributed by atoms with Gasteiger partial charge in [-0.25, -0.2) is 0 Å². The lowest BCUT2D eigenvalue weighted by Gasteiger charge is -2.14. The zero-order chi connectivity index (χ0) is 14.1. The van der Waals surface area contributed by atoms with Crippen molar-refractivity contribution in [1.82, 2.24) is 4.57 Å². The number of hydrogen-bond acceptors (Lipinski definition) is 3. The standard InChI is InChI=1S/C15H15ClN2OS/c16-11-5-3-4-10(8-11)13(19)9-18-12-6-1-2-7-14(12)20-15(18)17/h3-5,8,17H,1-2,6-7,9H2. The van der Waals surface area contributed by atoms with Crippen LogP contribution in [0.5, 0.6) is 0 Å². The topological polar surface area (TPSA) is 45.9 Å². The molecule has 0 amide bonds. The van der Waals surface area contributed by atoms with Crippen molar-refractivity contribution < 1.29 is 4.79 Å². The Morgan fingerprint density at radius 3 is 2.95 bits per heavy atom. The second kappa shape index (κ2) is 5.54. The lowest BCUT2D eigenvalue weighted by atomic mass is 10.0. The van der Waals surface area contributed by atoms with Gasteiger partial charge < -0.3 is 4.57 Å². The number of rotatable bonds is 3. The first-order valence-electron chi connectivity index (χ1n) is 6.70. The van der Waals surface area contributed by atoms with E-state index in [1.807, 2.05) is 4.57 Å². The number of hydrogen-bond donors (Lipinski definition) is 1. The molecule has 2 aromatic rings. The minimum Gasteiger partial charge on any atom is -0.313 e. The Labute approximate surface area is 126 Å². The number of carbonyl (C=O) groups excluding carboxylic acids is 1. The van der Waals surface area contributed by atoms with Crippen LogP contribution in [-0.2, 0) is 19.4 Å². The van der Waals surface area contributed by atoms with Gasteiger partial charge in [-0.2, -0.15) is 0 Å². The van der Waals surface area contributed by atoms with E-state index >= 15 is 0 Å².